The Balaban J connectivity index is 1.85. The lowest BCUT2D eigenvalue weighted by molar-refractivity contribution is 0.0954. The second-order valence-electron chi connectivity index (χ2n) is 5.14. The van der Waals surface area contributed by atoms with E-state index in [4.69, 9.17) is 4.42 Å². The largest absolute Gasteiger partial charge is 0.449 e. The van der Waals surface area contributed by atoms with Gasteiger partial charge in [-0.25, -0.2) is 4.98 Å². The molecule has 0 bridgehead atoms. The van der Waals surface area contributed by atoms with Crippen LogP contribution in [0.1, 0.15) is 47.3 Å². The van der Waals surface area contributed by atoms with E-state index in [0.717, 1.165) is 5.69 Å². The van der Waals surface area contributed by atoms with Crippen LogP contribution in [0.2, 0.25) is 0 Å². The number of carbonyl (C=O) groups is 1. The molecule has 1 amide bonds. The maximum Gasteiger partial charge on any atom is 0.251 e. The van der Waals surface area contributed by atoms with Gasteiger partial charge in [-0.2, -0.15) is 0 Å². The molecule has 0 atom stereocenters. The van der Waals surface area contributed by atoms with Crippen molar-refractivity contribution in [1.82, 2.24) is 10.3 Å². The fraction of sp³-hybridized carbons (Fsp3) is 0.375. The van der Waals surface area contributed by atoms with Gasteiger partial charge in [0.1, 0.15) is 6.26 Å². The Morgan fingerprint density at radius 3 is 2.55 bits per heavy atom. The summed E-state index contributed by atoms with van der Waals surface area (Å²) in [5.41, 5.74) is 2.78. The molecule has 20 heavy (non-hydrogen) atoms. The molecule has 0 aliphatic rings. The summed E-state index contributed by atoms with van der Waals surface area (Å²) in [6.07, 6.45) is 2.30. The molecule has 0 aliphatic heterocycles. The third kappa shape index (κ3) is 3.70. The van der Waals surface area contributed by atoms with Crippen molar-refractivity contribution in [3.8, 4) is 0 Å². The molecule has 0 aliphatic carbocycles. The summed E-state index contributed by atoms with van der Waals surface area (Å²) in [5, 5.41) is 2.88. The summed E-state index contributed by atoms with van der Waals surface area (Å²) in [5.74, 6) is 1.07. The van der Waals surface area contributed by atoms with E-state index in [-0.39, 0.29) is 5.91 Å². The van der Waals surface area contributed by atoms with Gasteiger partial charge in [-0.3, -0.25) is 4.79 Å². The van der Waals surface area contributed by atoms with Gasteiger partial charge in [0.2, 0.25) is 0 Å². The van der Waals surface area contributed by atoms with E-state index in [0.29, 0.717) is 30.3 Å². The molecule has 2 aromatic rings. The number of amides is 1. The van der Waals surface area contributed by atoms with Gasteiger partial charge in [0.15, 0.2) is 5.89 Å². The first kappa shape index (κ1) is 14.3. The molecule has 0 radical (unpaired) electrons. The summed E-state index contributed by atoms with van der Waals surface area (Å²) in [6.45, 7) is 6.62. The lowest BCUT2D eigenvalue weighted by Gasteiger charge is -2.07. The molecule has 106 valence electrons. The Morgan fingerprint density at radius 1 is 1.30 bits per heavy atom. The monoisotopic (exact) mass is 272 g/mol. The molecule has 4 heteroatoms. The third-order valence-corrected chi connectivity index (χ3v) is 3.17. The van der Waals surface area contributed by atoms with Crippen molar-refractivity contribution in [2.45, 2.75) is 33.1 Å². The van der Waals surface area contributed by atoms with E-state index >= 15 is 0 Å². The second-order valence-corrected chi connectivity index (χ2v) is 5.14. The minimum atomic E-state index is -0.0551. The number of nitrogens with zero attached hydrogens (tertiary/aromatic N) is 1. The Bertz CT molecular complexity index is 570. The first-order chi connectivity index (χ1) is 9.56. The van der Waals surface area contributed by atoms with Crippen LogP contribution in [0.25, 0.3) is 0 Å². The van der Waals surface area contributed by atoms with Gasteiger partial charge < -0.3 is 9.73 Å². The van der Waals surface area contributed by atoms with Gasteiger partial charge in [0.05, 0.1) is 5.69 Å². The third-order valence-electron chi connectivity index (χ3n) is 3.17. The summed E-state index contributed by atoms with van der Waals surface area (Å²) < 4.78 is 5.12. The first-order valence-corrected chi connectivity index (χ1v) is 6.85. The van der Waals surface area contributed by atoms with Crippen LogP contribution in [0.4, 0.5) is 0 Å². The van der Waals surface area contributed by atoms with Gasteiger partial charge in [0, 0.05) is 25.5 Å². The first-order valence-electron chi connectivity index (χ1n) is 6.85. The SMILES string of the molecule is Cc1nc(CCNC(=O)c2ccc(C(C)C)cc2)co1. The van der Waals surface area contributed by atoms with Crippen molar-refractivity contribution in [1.29, 1.82) is 0 Å². The number of benzene rings is 1. The number of hydrogen-bond donors (Lipinski definition) is 1. The fourth-order valence-electron chi connectivity index (χ4n) is 1.95. The van der Waals surface area contributed by atoms with Crippen LogP contribution >= 0.6 is 0 Å². The van der Waals surface area contributed by atoms with Crippen LogP contribution in [0.5, 0.6) is 0 Å². The zero-order chi connectivity index (χ0) is 14.5. The molecule has 0 saturated carbocycles. The van der Waals surface area contributed by atoms with E-state index < -0.39 is 0 Å². The summed E-state index contributed by atoms with van der Waals surface area (Å²) in [4.78, 5) is 16.2. The molecular weight excluding hydrogens is 252 g/mol. The van der Waals surface area contributed by atoms with Crippen LogP contribution in [0.3, 0.4) is 0 Å². The van der Waals surface area contributed by atoms with E-state index in [2.05, 4.69) is 24.1 Å². The predicted molar refractivity (Wildman–Crippen MR) is 77.8 cm³/mol. The minimum Gasteiger partial charge on any atom is -0.449 e. The van der Waals surface area contributed by atoms with Gasteiger partial charge in [0.25, 0.3) is 5.91 Å². The highest BCUT2D eigenvalue weighted by atomic mass is 16.3. The van der Waals surface area contributed by atoms with Crippen molar-refractivity contribution in [2.75, 3.05) is 6.54 Å². The van der Waals surface area contributed by atoms with E-state index in [9.17, 15) is 4.79 Å². The molecule has 1 aromatic carbocycles. The van der Waals surface area contributed by atoms with Crippen LogP contribution in [-0.2, 0) is 6.42 Å². The Morgan fingerprint density at radius 2 is 2.00 bits per heavy atom. The number of carbonyl (C=O) groups excluding carboxylic acids is 1. The van der Waals surface area contributed by atoms with Crippen LogP contribution < -0.4 is 5.32 Å². The molecule has 1 heterocycles. The van der Waals surface area contributed by atoms with Crippen LogP contribution in [0.15, 0.2) is 34.9 Å². The lowest BCUT2D eigenvalue weighted by atomic mass is 10.0. The molecule has 1 N–H and O–H groups in total. The average molecular weight is 272 g/mol. The maximum atomic E-state index is 12.0. The van der Waals surface area contributed by atoms with Gasteiger partial charge in [-0.1, -0.05) is 26.0 Å². The van der Waals surface area contributed by atoms with Crippen molar-refractivity contribution in [2.24, 2.45) is 0 Å². The van der Waals surface area contributed by atoms with Crippen molar-refractivity contribution in [3.63, 3.8) is 0 Å². The van der Waals surface area contributed by atoms with Gasteiger partial charge >= 0.3 is 0 Å². The predicted octanol–water partition coefficient (Wildman–Crippen LogP) is 3.08. The highest BCUT2D eigenvalue weighted by molar-refractivity contribution is 5.94. The molecule has 0 unspecified atom stereocenters. The van der Waals surface area contributed by atoms with Crippen molar-refractivity contribution >= 4 is 5.91 Å². The Kier molecular flexibility index (Phi) is 4.56. The Labute approximate surface area is 119 Å². The highest BCUT2D eigenvalue weighted by Crippen LogP contribution is 2.14. The average Bonchev–Trinajstić information content (AvgIpc) is 2.84. The molecule has 4 nitrogen and oxygen atoms in total. The summed E-state index contributed by atoms with van der Waals surface area (Å²) in [7, 11) is 0. The fourth-order valence-corrected chi connectivity index (χ4v) is 1.95. The standard InChI is InChI=1S/C16H20N2O2/c1-11(2)13-4-6-14(7-5-13)16(19)17-9-8-15-10-20-12(3)18-15/h4-7,10-11H,8-9H2,1-3H3,(H,17,19). The second kappa shape index (κ2) is 6.37. The molecule has 1 aromatic heterocycles. The van der Waals surface area contributed by atoms with Gasteiger partial charge in [-0.05, 0) is 23.6 Å². The molecule has 2 rings (SSSR count). The minimum absolute atomic E-state index is 0.0551. The molecule has 0 spiro atoms. The molecule has 0 fully saturated rings. The maximum absolute atomic E-state index is 12.0. The highest BCUT2D eigenvalue weighted by Gasteiger charge is 2.07. The Hall–Kier alpha value is -2.10. The van der Waals surface area contributed by atoms with E-state index in [1.807, 2.05) is 24.3 Å². The van der Waals surface area contributed by atoms with Gasteiger partial charge in [-0.15, -0.1) is 0 Å². The van der Waals surface area contributed by atoms with Crippen LogP contribution in [0, 0.1) is 6.92 Å². The number of oxazole rings is 1. The number of nitrogens with one attached hydrogen (secondary N) is 1. The van der Waals surface area contributed by atoms with Crippen LogP contribution in [-0.4, -0.2) is 17.4 Å². The van der Waals surface area contributed by atoms with E-state index in [1.165, 1.54) is 5.56 Å². The lowest BCUT2D eigenvalue weighted by Crippen LogP contribution is -2.25. The smallest absolute Gasteiger partial charge is 0.251 e. The summed E-state index contributed by atoms with van der Waals surface area (Å²) in [6, 6.07) is 7.73. The number of aromatic nitrogens is 1. The molecule has 0 saturated heterocycles. The topological polar surface area (TPSA) is 55.1 Å². The quantitative estimate of drug-likeness (QED) is 0.910. The number of rotatable bonds is 5. The number of hydrogen-bond acceptors (Lipinski definition) is 3. The normalized spacial score (nSPS) is 10.8. The zero-order valence-corrected chi connectivity index (χ0v) is 12.1. The van der Waals surface area contributed by atoms with E-state index in [1.54, 1.807) is 13.2 Å². The number of aryl methyl sites for hydroxylation is 1. The van der Waals surface area contributed by atoms with Crippen molar-refractivity contribution < 1.29 is 9.21 Å². The molecular formula is C16H20N2O2. The zero-order valence-electron chi connectivity index (χ0n) is 12.1. The van der Waals surface area contributed by atoms with Crippen molar-refractivity contribution in [3.05, 3.63) is 53.2 Å². The summed E-state index contributed by atoms with van der Waals surface area (Å²) >= 11 is 0.